The number of hydrogen-bond donors (Lipinski definition) is 0. The average Bonchev–Trinajstić information content (AvgIpc) is 2.95. The van der Waals surface area contributed by atoms with Crippen molar-refractivity contribution in [1.82, 2.24) is 4.90 Å². The van der Waals surface area contributed by atoms with Crippen molar-refractivity contribution in [2.24, 2.45) is 0 Å². The average molecular weight is 340 g/mol. The predicted octanol–water partition coefficient (Wildman–Crippen LogP) is 4.11. The Hall–Kier alpha value is -2.23. The number of ether oxygens (including phenoxy) is 1. The molecule has 1 unspecified atom stereocenters. The summed E-state index contributed by atoms with van der Waals surface area (Å²) in [5.74, 6) is -4.13. The number of halogens is 3. The standard InChI is InChI=1S/C17H19F3N2O2/c1-4-17(2,3)24-16(23)22-9-10(7-11(22)8-21)14-12(18)5-6-13(19)15(14)20/h5-6,10-11H,4,7,9H2,1-3H3/t10-,11?/m0/s1. The Morgan fingerprint density at radius 3 is 2.58 bits per heavy atom. The van der Waals surface area contributed by atoms with Crippen LogP contribution in [0.1, 0.15) is 45.1 Å². The van der Waals surface area contributed by atoms with Crippen LogP contribution in [0.15, 0.2) is 12.1 Å². The fraction of sp³-hybridized carbons (Fsp3) is 0.529. The summed E-state index contributed by atoms with van der Waals surface area (Å²) in [6, 6.07) is 2.61. The zero-order chi connectivity index (χ0) is 18.1. The van der Waals surface area contributed by atoms with Gasteiger partial charge in [0.1, 0.15) is 17.5 Å². The van der Waals surface area contributed by atoms with Crippen molar-refractivity contribution < 1.29 is 22.7 Å². The number of carbonyl (C=O) groups is 1. The van der Waals surface area contributed by atoms with E-state index in [1.54, 1.807) is 13.8 Å². The van der Waals surface area contributed by atoms with Crippen molar-refractivity contribution in [1.29, 1.82) is 5.26 Å². The zero-order valence-corrected chi connectivity index (χ0v) is 13.8. The van der Waals surface area contributed by atoms with Gasteiger partial charge in [0.05, 0.1) is 6.07 Å². The largest absolute Gasteiger partial charge is 0.443 e. The minimum Gasteiger partial charge on any atom is -0.443 e. The topological polar surface area (TPSA) is 53.3 Å². The van der Waals surface area contributed by atoms with E-state index < -0.39 is 46.7 Å². The van der Waals surface area contributed by atoms with Gasteiger partial charge in [0.2, 0.25) is 0 Å². The first-order valence-corrected chi connectivity index (χ1v) is 7.72. The highest BCUT2D eigenvalue weighted by Crippen LogP contribution is 2.36. The highest BCUT2D eigenvalue weighted by atomic mass is 19.2. The van der Waals surface area contributed by atoms with E-state index in [0.29, 0.717) is 12.5 Å². The number of nitrogens with zero attached hydrogens (tertiary/aromatic N) is 2. The molecule has 0 saturated carbocycles. The van der Waals surface area contributed by atoms with Crippen molar-refractivity contribution in [3.63, 3.8) is 0 Å². The van der Waals surface area contributed by atoms with E-state index in [0.717, 1.165) is 11.0 Å². The van der Waals surface area contributed by atoms with Crippen LogP contribution in [-0.2, 0) is 4.74 Å². The van der Waals surface area contributed by atoms with Crippen LogP contribution in [-0.4, -0.2) is 29.2 Å². The Morgan fingerprint density at radius 1 is 1.38 bits per heavy atom. The fourth-order valence-corrected chi connectivity index (χ4v) is 2.65. The highest BCUT2D eigenvalue weighted by Gasteiger charge is 2.40. The van der Waals surface area contributed by atoms with Gasteiger partial charge in [-0.3, -0.25) is 4.90 Å². The Kier molecular flexibility index (Phi) is 5.07. The summed E-state index contributed by atoms with van der Waals surface area (Å²) in [7, 11) is 0. The second-order valence-electron chi connectivity index (χ2n) is 6.47. The third-order valence-electron chi connectivity index (χ3n) is 4.39. The molecule has 0 aromatic heterocycles. The Morgan fingerprint density at radius 2 is 2.00 bits per heavy atom. The van der Waals surface area contributed by atoms with Crippen LogP contribution < -0.4 is 0 Å². The second-order valence-corrected chi connectivity index (χ2v) is 6.47. The van der Waals surface area contributed by atoms with Gasteiger partial charge in [-0.1, -0.05) is 6.92 Å². The minimum atomic E-state index is -1.28. The molecule has 0 aliphatic carbocycles. The summed E-state index contributed by atoms with van der Waals surface area (Å²) in [6.07, 6.45) is -0.122. The molecule has 0 radical (unpaired) electrons. The molecule has 2 rings (SSSR count). The van der Waals surface area contributed by atoms with Crippen LogP contribution in [0.3, 0.4) is 0 Å². The third kappa shape index (κ3) is 3.48. The van der Waals surface area contributed by atoms with Crippen LogP contribution in [0.25, 0.3) is 0 Å². The molecule has 130 valence electrons. The van der Waals surface area contributed by atoms with Gasteiger partial charge in [0, 0.05) is 18.0 Å². The molecule has 0 N–H and O–H groups in total. The lowest BCUT2D eigenvalue weighted by Gasteiger charge is -2.28. The van der Waals surface area contributed by atoms with Crippen molar-refractivity contribution in [3.8, 4) is 6.07 Å². The van der Waals surface area contributed by atoms with Gasteiger partial charge < -0.3 is 4.74 Å². The van der Waals surface area contributed by atoms with Crippen LogP contribution in [0.4, 0.5) is 18.0 Å². The first kappa shape index (κ1) is 18.1. The van der Waals surface area contributed by atoms with Gasteiger partial charge in [-0.25, -0.2) is 18.0 Å². The quantitative estimate of drug-likeness (QED) is 0.778. The van der Waals surface area contributed by atoms with Crippen LogP contribution in [0, 0.1) is 28.8 Å². The van der Waals surface area contributed by atoms with Gasteiger partial charge in [-0.15, -0.1) is 0 Å². The highest BCUT2D eigenvalue weighted by molar-refractivity contribution is 5.70. The number of nitriles is 1. The van der Waals surface area contributed by atoms with E-state index in [4.69, 9.17) is 4.74 Å². The Labute approximate surface area is 138 Å². The third-order valence-corrected chi connectivity index (χ3v) is 4.39. The normalized spacial score (nSPS) is 20.8. The molecule has 1 heterocycles. The summed E-state index contributed by atoms with van der Waals surface area (Å²) in [5.41, 5.74) is -1.15. The minimum absolute atomic E-state index is 0.0233. The number of carbonyl (C=O) groups excluding carboxylic acids is 1. The molecule has 1 saturated heterocycles. The van der Waals surface area contributed by atoms with E-state index in [1.807, 2.05) is 13.0 Å². The smallest absolute Gasteiger partial charge is 0.411 e. The molecule has 1 aliphatic heterocycles. The maximum atomic E-state index is 14.0. The molecule has 4 nitrogen and oxygen atoms in total. The lowest BCUT2D eigenvalue weighted by molar-refractivity contribution is 0.0120. The maximum absolute atomic E-state index is 14.0. The molecule has 0 spiro atoms. The first-order chi connectivity index (χ1) is 11.2. The summed E-state index contributed by atoms with van der Waals surface area (Å²) < 4.78 is 46.7. The van der Waals surface area contributed by atoms with E-state index in [1.165, 1.54) is 0 Å². The number of hydrogen-bond acceptors (Lipinski definition) is 3. The van der Waals surface area contributed by atoms with Crippen LogP contribution in [0.5, 0.6) is 0 Å². The van der Waals surface area contributed by atoms with Crippen molar-refractivity contribution in [3.05, 3.63) is 35.1 Å². The first-order valence-electron chi connectivity index (χ1n) is 7.72. The van der Waals surface area contributed by atoms with E-state index in [2.05, 4.69) is 0 Å². The summed E-state index contributed by atoms with van der Waals surface area (Å²) in [6.45, 7) is 5.20. The van der Waals surface area contributed by atoms with E-state index >= 15 is 0 Å². The molecular formula is C17H19F3N2O2. The van der Waals surface area contributed by atoms with Gasteiger partial charge in [0.25, 0.3) is 0 Å². The number of benzene rings is 1. The number of rotatable bonds is 3. The van der Waals surface area contributed by atoms with Crippen molar-refractivity contribution in [2.75, 3.05) is 6.54 Å². The fourth-order valence-electron chi connectivity index (χ4n) is 2.65. The zero-order valence-electron chi connectivity index (χ0n) is 13.8. The second kappa shape index (κ2) is 6.71. The molecule has 1 aromatic carbocycles. The monoisotopic (exact) mass is 340 g/mol. The lowest BCUT2D eigenvalue weighted by Crippen LogP contribution is -2.40. The lowest BCUT2D eigenvalue weighted by atomic mass is 9.95. The summed E-state index contributed by atoms with van der Waals surface area (Å²) in [4.78, 5) is 13.4. The molecule has 1 aliphatic rings. The van der Waals surface area contributed by atoms with Crippen LogP contribution >= 0.6 is 0 Å². The molecule has 1 amide bonds. The van der Waals surface area contributed by atoms with Crippen molar-refractivity contribution >= 4 is 6.09 Å². The molecule has 7 heteroatoms. The van der Waals surface area contributed by atoms with E-state index in [9.17, 15) is 23.2 Å². The summed E-state index contributed by atoms with van der Waals surface area (Å²) in [5, 5.41) is 9.24. The van der Waals surface area contributed by atoms with Gasteiger partial charge in [-0.2, -0.15) is 5.26 Å². The van der Waals surface area contributed by atoms with Gasteiger partial charge in [0.15, 0.2) is 11.6 Å². The Balaban J connectivity index is 2.26. The Bertz CT molecular complexity index is 685. The summed E-state index contributed by atoms with van der Waals surface area (Å²) >= 11 is 0. The number of amides is 1. The van der Waals surface area contributed by atoms with Gasteiger partial charge >= 0.3 is 6.09 Å². The molecule has 24 heavy (non-hydrogen) atoms. The maximum Gasteiger partial charge on any atom is 0.411 e. The van der Waals surface area contributed by atoms with Crippen LogP contribution in [0.2, 0.25) is 0 Å². The molecular weight excluding hydrogens is 321 g/mol. The SMILES string of the molecule is CCC(C)(C)OC(=O)N1C[C@@H](c2c(F)ccc(F)c2F)CC1C#N. The molecule has 1 fully saturated rings. The number of likely N-dealkylation sites (tertiary alicyclic amines) is 1. The van der Waals surface area contributed by atoms with Crippen molar-refractivity contribution in [2.45, 2.75) is 51.2 Å². The van der Waals surface area contributed by atoms with Gasteiger partial charge in [-0.05, 0) is 38.8 Å². The molecule has 2 atom stereocenters. The molecule has 0 bridgehead atoms. The predicted molar refractivity (Wildman–Crippen MR) is 80.6 cm³/mol. The van der Waals surface area contributed by atoms with E-state index in [-0.39, 0.29) is 13.0 Å². The molecule has 1 aromatic rings.